The van der Waals surface area contributed by atoms with Crippen LogP contribution in [0.25, 0.3) is 39.3 Å². The highest BCUT2D eigenvalue weighted by Crippen LogP contribution is 2.39. The van der Waals surface area contributed by atoms with E-state index in [1.807, 2.05) is 18.2 Å². The summed E-state index contributed by atoms with van der Waals surface area (Å²) in [6.07, 6.45) is 0.678. The third-order valence-corrected chi connectivity index (χ3v) is 8.38. The zero-order valence-electron chi connectivity index (χ0n) is 23.5. The Hall–Kier alpha value is -4.84. The summed E-state index contributed by atoms with van der Waals surface area (Å²) in [5, 5.41) is 4.87. The molecule has 0 spiro atoms. The molecule has 2 atom stereocenters. The summed E-state index contributed by atoms with van der Waals surface area (Å²) in [5.74, 6) is -4.49. The van der Waals surface area contributed by atoms with E-state index >= 15 is 0 Å². The molecule has 7 rings (SSSR count). The van der Waals surface area contributed by atoms with Gasteiger partial charge in [0.1, 0.15) is 5.69 Å². The minimum Gasteiger partial charge on any atom is -0.417 e. The van der Waals surface area contributed by atoms with E-state index in [9.17, 15) is 22.4 Å². The molecule has 5 aromatic rings. The molecule has 2 aliphatic heterocycles. The van der Waals surface area contributed by atoms with Crippen molar-refractivity contribution in [1.29, 1.82) is 0 Å². The zero-order chi connectivity index (χ0) is 30.6. The Balaban J connectivity index is 1.30. The standard InChI is InChI=1S/C32H26F4N6O2/c1-2-40-17-24-16-23(40)18-41(24)22-6-3-19(4-7-22)26-11-14-38-30-28(29(39-42(26)30)20-9-12-37-13-10-20)21-5-8-25(33)27(15-21)44-31(43)32(34,35)36/h3-15,23-24H,2,16-18H2,1H3/t23-,24-/m0/s1. The second kappa shape index (κ2) is 10.7. The maximum absolute atomic E-state index is 14.5. The molecular formula is C32H26F4N6O2. The number of anilines is 1. The number of benzene rings is 2. The number of nitrogens with zero attached hydrogens (tertiary/aromatic N) is 6. The smallest absolute Gasteiger partial charge is 0.417 e. The number of hydrogen-bond donors (Lipinski definition) is 0. The number of pyridine rings is 1. The summed E-state index contributed by atoms with van der Waals surface area (Å²) >= 11 is 0. The van der Waals surface area contributed by atoms with Crippen LogP contribution in [-0.2, 0) is 4.79 Å². The van der Waals surface area contributed by atoms with E-state index in [4.69, 9.17) is 5.10 Å². The quantitative estimate of drug-likeness (QED) is 0.134. The number of hydrogen-bond acceptors (Lipinski definition) is 7. The maximum atomic E-state index is 14.5. The highest BCUT2D eigenvalue weighted by molar-refractivity contribution is 5.92. The molecule has 0 saturated carbocycles. The van der Waals surface area contributed by atoms with Gasteiger partial charge in [0, 0.05) is 60.6 Å². The van der Waals surface area contributed by atoms with Crippen LogP contribution in [0.4, 0.5) is 23.2 Å². The lowest BCUT2D eigenvalue weighted by Gasteiger charge is -2.35. The molecule has 0 radical (unpaired) electrons. The minimum atomic E-state index is -5.29. The molecule has 0 N–H and O–H groups in total. The van der Waals surface area contributed by atoms with E-state index in [1.165, 1.54) is 12.5 Å². The van der Waals surface area contributed by atoms with Crippen molar-refractivity contribution in [2.24, 2.45) is 0 Å². The molecule has 12 heteroatoms. The van der Waals surface area contributed by atoms with Crippen LogP contribution in [0, 0.1) is 5.82 Å². The Labute approximate surface area is 249 Å². The van der Waals surface area contributed by atoms with Crippen molar-refractivity contribution in [3.05, 3.63) is 85.1 Å². The Morgan fingerprint density at radius 3 is 2.36 bits per heavy atom. The van der Waals surface area contributed by atoms with E-state index in [0.29, 0.717) is 34.6 Å². The zero-order valence-corrected chi connectivity index (χ0v) is 23.5. The van der Waals surface area contributed by atoms with Gasteiger partial charge in [-0.15, -0.1) is 0 Å². The van der Waals surface area contributed by atoms with Crippen molar-refractivity contribution >= 4 is 17.3 Å². The first-order chi connectivity index (χ1) is 21.2. The van der Waals surface area contributed by atoms with E-state index in [0.717, 1.165) is 48.7 Å². The number of esters is 1. The molecule has 2 aromatic carbocycles. The number of halogens is 4. The highest BCUT2D eigenvalue weighted by Gasteiger charge is 2.43. The molecule has 0 aliphatic carbocycles. The second-order valence-corrected chi connectivity index (χ2v) is 10.9. The molecule has 8 nitrogen and oxygen atoms in total. The maximum Gasteiger partial charge on any atom is 0.491 e. The summed E-state index contributed by atoms with van der Waals surface area (Å²) in [7, 11) is 0. The first kappa shape index (κ1) is 28.0. The molecule has 2 saturated heterocycles. The van der Waals surface area contributed by atoms with Gasteiger partial charge in [-0.25, -0.2) is 18.7 Å². The van der Waals surface area contributed by atoms with Gasteiger partial charge in [-0.2, -0.15) is 18.3 Å². The Morgan fingerprint density at radius 1 is 0.932 bits per heavy atom. The second-order valence-electron chi connectivity index (χ2n) is 10.9. The van der Waals surface area contributed by atoms with Crippen molar-refractivity contribution in [2.75, 3.05) is 24.5 Å². The van der Waals surface area contributed by atoms with E-state index in [1.54, 1.807) is 35.2 Å². The number of piperazine rings is 1. The van der Waals surface area contributed by atoms with Gasteiger partial charge >= 0.3 is 12.1 Å². The van der Waals surface area contributed by atoms with Gasteiger partial charge in [0.2, 0.25) is 0 Å². The Morgan fingerprint density at radius 2 is 1.68 bits per heavy atom. The van der Waals surface area contributed by atoms with Crippen LogP contribution >= 0.6 is 0 Å². The molecule has 224 valence electrons. The molecule has 0 unspecified atom stereocenters. The van der Waals surface area contributed by atoms with Crippen molar-refractivity contribution < 1.29 is 27.1 Å². The third-order valence-electron chi connectivity index (χ3n) is 8.38. The van der Waals surface area contributed by atoms with E-state index < -0.39 is 23.7 Å². The van der Waals surface area contributed by atoms with Crippen molar-refractivity contribution in [3.63, 3.8) is 0 Å². The minimum absolute atomic E-state index is 0.267. The van der Waals surface area contributed by atoms with Gasteiger partial charge in [-0.1, -0.05) is 25.1 Å². The molecule has 44 heavy (non-hydrogen) atoms. The van der Waals surface area contributed by atoms with Gasteiger partial charge in [0.15, 0.2) is 17.2 Å². The third kappa shape index (κ3) is 4.84. The molecule has 3 aromatic heterocycles. The molecular weight excluding hydrogens is 576 g/mol. The summed E-state index contributed by atoms with van der Waals surface area (Å²) < 4.78 is 59.2. The normalized spacial score (nSPS) is 18.3. The van der Waals surface area contributed by atoms with Crippen molar-refractivity contribution in [1.82, 2.24) is 24.5 Å². The molecule has 2 fully saturated rings. The Bertz CT molecular complexity index is 1860. The fraction of sp³-hybridized carbons (Fsp3) is 0.250. The largest absolute Gasteiger partial charge is 0.491 e. The number of likely N-dealkylation sites (tertiary alicyclic amines) is 1. The SMILES string of the molecule is CCN1C[C@@H]2C[C@H]1CN2c1ccc(-c2ccnc3c(-c4ccc(F)c(OC(=O)C(F)(F)F)c4)c(-c4ccncc4)nn23)cc1. The lowest BCUT2D eigenvalue weighted by Crippen LogP contribution is -2.46. The number of carbonyl (C=O) groups excluding carboxylic acids is 1. The van der Waals surface area contributed by atoms with Crippen LogP contribution in [0.2, 0.25) is 0 Å². The first-order valence-electron chi connectivity index (χ1n) is 14.2. The summed E-state index contributed by atoms with van der Waals surface area (Å²) in [4.78, 5) is 25.1. The number of likely N-dealkylation sites (N-methyl/N-ethyl adjacent to an activating group) is 1. The number of ether oxygens (including phenoxy) is 1. The molecule has 2 bridgehead atoms. The first-order valence-corrected chi connectivity index (χ1v) is 14.2. The molecule has 0 amide bonds. The number of aromatic nitrogens is 4. The number of rotatable bonds is 6. The van der Waals surface area contributed by atoms with Gasteiger partial charge in [0.25, 0.3) is 0 Å². The highest BCUT2D eigenvalue weighted by atomic mass is 19.4. The van der Waals surface area contributed by atoms with E-state index in [2.05, 4.69) is 43.6 Å². The average Bonchev–Trinajstić information content (AvgIpc) is 3.75. The van der Waals surface area contributed by atoms with Gasteiger partial charge in [-0.05, 0) is 61.0 Å². The van der Waals surface area contributed by atoms with Crippen LogP contribution in [0.1, 0.15) is 13.3 Å². The lowest BCUT2D eigenvalue weighted by molar-refractivity contribution is -0.189. The fourth-order valence-corrected chi connectivity index (χ4v) is 6.31. The summed E-state index contributed by atoms with van der Waals surface area (Å²) in [6.45, 7) is 5.35. The number of carbonyl (C=O) groups is 1. The molecule has 2 aliphatic rings. The van der Waals surface area contributed by atoms with E-state index in [-0.39, 0.29) is 5.56 Å². The van der Waals surface area contributed by atoms with Crippen LogP contribution < -0.4 is 9.64 Å². The van der Waals surface area contributed by atoms with Gasteiger partial charge < -0.3 is 9.64 Å². The summed E-state index contributed by atoms with van der Waals surface area (Å²) in [6, 6.07) is 18.0. The van der Waals surface area contributed by atoms with Crippen molar-refractivity contribution in [2.45, 2.75) is 31.6 Å². The monoisotopic (exact) mass is 602 g/mol. The Kier molecular flexibility index (Phi) is 6.80. The van der Waals surface area contributed by atoms with Crippen LogP contribution in [0.5, 0.6) is 5.75 Å². The predicted octanol–water partition coefficient (Wildman–Crippen LogP) is 6.01. The van der Waals surface area contributed by atoms with Gasteiger partial charge in [0.05, 0.1) is 11.3 Å². The average molecular weight is 603 g/mol. The van der Waals surface area contributed by atoms with Crippen LogP contribution in [0.3, 0.4) is 0 Å². The number of alkyl halides is 3. The van der Waals surface area contributed by atoms with Crippen molar-refractivity contribution in [3.8, 4) is 39.4 Å². The fourth-order valence-electron chi connectivity index (χ4n) is 6.31. The van der Waals surface area contributed by atoms with Crippen LogP contribution in [-0.4, -0.2) is 68.3 Å². The topological polar surface area (TPSA) is 75.9 Å². The lowest BCUT2D eigenvalue weighted by atomic mass is 10.0. The predicted molar refractivity (Wildman–Crippen MR) is 156 cm³/mol. The number of fused-ring (bicyclic) bond motifs is 3. The summed E-state index contributed by atoms with van der Waals surface area (Å²) in [5.41, 5.74) is 4.95. The van der Waals surface area contributed by atoms with Gasteiger partial charge in [-0.3, -0.25) is 9.88 Å². The van der Waals surface area contributed by atoms with Crippen LogP contribution in [0.15, 0.2) is 79.3 Å². The molecule has 5 heterocycles.